The zero-order chi connectivity index (χ0) is 13.9. The van der Waals surface area contributed by atoms with Crippen LogP contribution in [0.3, 0.4) is 0 Å². The van der Waals surface area contributed by atoms with Crippen molar-refractivity contribution < 1.29 is 13.6 Å². The van der Waals surface area contributed by atoms with Crippen LogP contribution in [0.5, 0.6) is 11.5 Å². The van der Waals surface area contributed by atoms with Crippen molar-refractivity contribution in [1.82, 2.24) is 5.32 Å². The number of hydrogen-bond acceptors (Lipinski definition) is 3. The molecule has 1 aliphatic heterocycles. The second kappa shape index (κ2) is 5.21. The van der Waals surface area contributed by atoms with Crippen molar-refractivity contribution in [2.75, 3.05) is 13.3 Å². The second-order valence-corrected chi connectivity index (χ2v) is 3.82. The lowest BCUT2D eigenvalue weighted by molar-refractivity contribution is 0.174. The summed E-state index contributed by atoms with van der Waals surface area (Å²) in [4.78, 5) is 0. The average molecular weight is 224 g/mol. The highest BCUT2D eigenvalue weighted by atomic mass is 16.7. The van der Waals surface area contributed by atoms with E-state index >= 15 is 0 Å². The van der Waals surface area contributed by atoms with Gasteiger partial charge in [-0.25, -0.2) is 0 Å². The molecule has 1 aromatic rings. The van der Waals surface area contributed by atoms with E-state index in [0.29, 0.717) is 6.42 Å². The van der Waals surface area contributed by atoms with E-state index in [-0.39, 0.29) is 19.7 Å². The topological polar surface area (TPSA) is 30.5 Å². The second-order valence-electron chi connectivity index (χ2n) is 3.82. The van der Waals surface area contributed by atoms with Crippen LogP contribution in [-0.2, 0) is 6.42 Å². The van der Waals surface area contributed by atoms with Crippen LogP contribution in [0.25, 0.3) is 0 Å². The smallest absolute Gasteiger partial charge is 0.231 e. The normalized spacial score (nSPS) is 18.7. The Kier molecular flexibility index (Phi) is 2.59. The van der Waals surface area contributed by atoms with Gasteiger partial charge in [0, 0.05) is 10.2 Å². The predicted molar refractivity (Wildman–Crippen MR) is 64.0 cm³/mol. The van der Waals surface area contributed by atoms with Gasteiger partial charge in [0.1, 0.15) is 0 Å². The maximum Gasteiger partial charge on any atom is 0.231 e. The largest absolute Gasteiger partial charge is 0.454 e. The van der Waals surface area contributed by atoms with Crippen molar-refractivity contribution in [2.24, 2.45) is 0 Å². The van der Waals surface area contributed by atoms with E-state index in [1.807, 2.05) is 25.1 Å². The molecule has 0 bridgehead atoms. The third-order valence-corrected chi connectivity index (χ3v) is 2.72. The summed E-state index contributed by atoms with van der Waals surface area (Å²) in [5.41, 5.74) is 1.07. The SMILES string of the molecule is [2H]CC([2H])([2H])NC(CC)Cc1ccc2c(c1)OCO2. The quantitative estimate of drug-likeness (QED) is 0.832. The molecule has 0 saturated heterocycles. The molecule has 0 aromatic heterocycles. The van der Waals surface area contributed by atoms with E-state index in [4.69, 9.17) is 13.6 Å². The van der Waals surface area contributed by atoms with Gasteiger partial charge in [-0.15, -0.1) is 0 Å². The highest BCUT2D eigenvalue weighted by Gasteiger charge is 2.14. The first-order chi connectivity index (χ1) is 9.04. The van der Waals surface area contributed by atoms with Crippen molar-refractivity contribution in [3.05, 3.63) is 23.8 Å². The molecular weight excluding hydrogens is 202 g/mol. The molecule has 88 valence electrons. The Hall–Kier alpha value is -1.22. The fraction of sp³-hybridized carbons (Fsp3) is 0.538. The molecule has 2 rings (SSSR count). The molecule has 16 heavy (non-hydrogen) atoms. The molecule has 3 nitrogen and oxygen atoms in total. The average Bonchev–Trinajstić information content (AvgIpc) is 2.85. The van der Waals surface area contributed by atoms with E-state index in [1.54, 1.807) is 0 Å². The molecule has 1 N–H and O–H groups in total. The van der Waals surface area contributed by atoms with Crippen molar-refractivity contribution in [2.45, 2.75) is 32.7 Å². The van der Waals surface area contributed by atoms with Crippen molar-refractivity contribution >= 4 is 0 Å². The highest BCUT2D eigenvalue weighted by Crippen LogP contribution is 2.32. The number of hydrogen-bond donors (Lipinski definition) is 1. The Morgan fingerprint density at radius 3 is 3.19 bits per heavy atom. The van der Waals surface area contributed by atoms with Crippen LogP contribution in [0.15, 0.2) is 18.2 Å². The first-order valence-corrected chi connectivity index (χ1v) is 5.49. The first kappa shape index (κ1) is 7.96. The summed E-state index contributed by atoms with van der Waals surface area (Å²) in [7, 11) is 0. The lowest BCUT2D eigenvalue weighted by Gasteiger charge is -2.15. The standard InChI is InChI=1S/C13H19NO2/c1-3-11(14-4-2)7-10-5-6-12-13(8-10)16-9-15-12/h5-6,8,11,14H,3-4,7,9H2,1-2H3/i2D,4D2. The maximum absolute atomic E-state index is 7.62. The molecule has 0 saturated carbocycles. The van der Waals surface area contributed by atoms with Crippen LogP contribution in [-0.4, -0.2) is 19.3 Å². The molecule has 1 aliphatic rings. The van der Waals surface area contributed by atoms with Crippen molar-refractivity contribution in [3.8, 4) is 11.5 Å². The van der Waals surface area contributed by atoms with Crippen LogP contribution in [0.2, 0.25) is 0 Å². The van der Waals surface area contributed by atoms with Crippen molar-refractivity contribution in [3.63, 3.8) is 0 Å². The number of likely N-dealkylation sites (N-methyl/N-ethyl adjacent to an activating group) is 1. The number of benzene rings is 1. The Morgan fingerprint density at radius 2 is 2.38 bits per heavy atom. The maximum atomic E-state index is 7.62. The fourth-order valence-corrected chi connectivity index (χ4v) is 1.79. The molecule has 0 spiro atoms. The monoisotopic (exact) mass is 224 g/mol. The summed E-state index contributed by atoms with van der Waals surface area (Å²) in [6.45, 7) is 0.335. The van der Waals surface area contributed by atoms with Crippen LogP contribution in [0.1, 0.15) is 29.9 Å². The van der Waals surface area contributed by atoms with Crippen molar-refractivity contribution in [1.29, 1.82) is 0 Å². The molecule has 1 atom stereocenters. The van der Waals surface area contributed by atoms with Gasteiger partial charge in [-0.3, -0.25) is 0 Å². The Balaban J connectivity index is 2.02. The third kappa shape index (κ3) is 2.47. The Bertz CT molecular complexity index is 440. The molecule has 0 aliphatic carbocycles. The Morgan fingerprint density at radius 1 is 1.50 bits per heavy atom. The molecule has 1 aromatic carbocycles. The summed E-state index contributed by atoms with van der Waals surface area (Å²) in [6, 6.07) is 5.78. The molecule has 0 radical (unpaired) electrons. The molecule has 0 fully saturated rings. The number of rotatable bonds is 5. The minimum Gasteiger partial charge on any atom is -0.454 e. The summed E-state index contributed by atoms with van der Waals surface area (Å²) in [6.07, 6.45) is 1.50. The van der Waals surface area contributed by atoms with Gasteiger partial charge in [0.15, 0.2) is 11.5 Å². The van der Waals surface area contributed by atoms with Gasteiger partial charge in [-0.1, -0.05) is 19.9 Å². The van der Waals surface area contributed by atoms with Gasteiger partial charge in [0.05, 0.1) is 0 Å². The van der Waals surface area contributed by atoms with Gasteiger partial charge >= 0.3 is 0 Å². The molecule has 3 heteroatoms. The molecule has 0 amide bonds. The van der Waals surface area contributed by atoms with Gasteiger partial charge < -0.3 is 14.8 Å². The Labute approximate surface area is 101 Å². The molecule has 1 heterocycles. The molecule has 1 unspecified atom stereocenters. The highest BCUT2D eigenvalue weighted by molar-refractivity contribution is 5.44. The zero-order valence-corrected chi connectivity index (χ0v) is 9.45. The van der Waals surface area contributed by atoms with Crippen LogP contribution in [0, 0.1) is 0 Å². The third-order valence-electron chi connectivity index (χ3n) is 2.72. The van der Waals surface area contributed by atoms with Crippen LogP contribution in [0.4, 0.5) is 0 Å². The zero-order valence-electron chi connectivity index (χ0n) is 12.5. The van der Waals surface area contributed by atoms with E-state index < -0.39 is 6.50 Å². The van der Waals surface area contributed by atoms with E-state index in [0.717, 1.165) is 23.5 Å². The lowest BCUT2D eigenvalue weighted by atomic mass is 10.0. The number of fused-ring (bicyclic) bond motifs is 1. The lowest BCUT2D eigenvalue weighted by Crippen LogP contribution is -2.30. The first-order valence-electron chi connectivity index (χ1n) is 7.20. The molecular formula is C13H19NO2. The van der Waals surface area contributed by atoms with E-state index in [2.05, 4.69) is 5.32 Å². The number of ether oxygens (including phenoxy) is 2. The van der Waals surface area contributed by atoms with Crippen LogP contribution < -0.4 is 14.8 Å². The number of nitrogens with one attached hydrogen (secondary N) is 1. The van der Waals surface area contributed by atoms with Crippen LogP contribution >= 0.6 is 0 Å². The van der Waals surface area contributed by atoms with Gasteiger partial charge in [0.25, 0.3) is 0 Å². The van der Waals surface area contributed by atoms with E-state index in [9.17, 15) is 0 Å². The summed E-state index contributed by atoms with van der Waals surface area (Å²) >= 11 is 0. The minimum atomic E-state index is -1.64. The minimum absolute atomic E-state index is 0.000668. The fourth-order valence-electron chi connectivity index (χ4n) is 1.79. The summed E-state index contributed by atoms with van der Waals surface area (Å²) < 4.78 is 33.0. The van der Waals surface area contributed by atoms with Gasteiger partial charge in [0.2, 0.25) is 6.79 Å². The van der Waals surface area contributed by atoms with Gasteiger partial charge in [-0.2, -0.15) is 0 Å². The van der Waals surface area contributed by atoms with E-state index in [1.165, 1.54) is 0 Å². The van der Waals surface area contributed by atoms with Gasteiger partial charge in [-0.05, 0) is 37.0 Å². The summed E-state index contributed by atoms with van der Waals surface area (Å²) in [5, 5.41) is 2.88. The summed E-state index contributed by atoms with van der Waals surface area (Å²) in [5.74, 6) is 1.50. The predicted octanol–water partition coefficient (Wildman–Crippen LogP) is 2.35.